The van der Waals surface area contributed by atoms with Crippen LogP contribution in [0.2, 0.25) is 0 Å². The summed E-state index contributed by atoms with van der Waals surface area (Å²) < 4.78 is 25.8. The fourth-order valence-corrected chi connectivity index (χ4v) is 3.47. The molecule has 0 heterocycles. The van der Waals surface area contributed by atoms with Gasteiger partial charge in [-0.25, -0.2) is 9.18 Å². The number of halogens is 2. The minimum absolute atomic E-state index is 0.0147. The van der Waals surface area contributed by atoms with Crippen LogP contribution in [-0.4, -0.2) is 18.2 Å². The maximum Gasteiger partial charge on any atom is 0.339 e. The van der Waals surface area contributed by atoms with Crippen LogP contribution in [0.1, 0.15) is 15.9 Å². The van der Waals surface area contributed by atoms with Gasteiger partial charge in [-0.05, 0) is 51.9 Å². The second kappa shape index (κ2) is 8.39. The van der Waals surface area contributed by atoms with E-state index in [-0.39, 0.29) is 20.4 Å². The lowest BCUT2D eigenvalue weighted by Crippen LogP contribution is -2.05. The van der Waals surface area contributed by atoms with E-state index in [4.69, 9.17) is 9.47 Å². The third-order valence-electron chi connectivity index (χ3n) is 3.99. The number of hydrogen-bond donors (Lipinski definition) is 1. The van der Waals surface area contributed by atoms with E-state index in [0.29, 0.717) is 17.9 Å². The number of carboxylic acids is 1. The molecule has 3 rings (SSSR count). The van der Waals surface area contributed by atoms with Gasteiger partial charge in [0, 0.05) is 5.56 Å². The Kier molecular flexibility index (Phi) is 5.95. The quantitative estimate of drug-likeness (QED) is 0.484. The normalized spacial score (nSPS) is 10.5. The van der Waals surface area contributed by atoms with E-state index in [9.17, 15) is 14.3 Å². The minimum atomic E-state index is -1.18. The second-order valence-corrected chi connectivity index (χ2v) is 6.82. The third kappa shape index (κ3) is 4.21. The molecule has 3 aromatic carbocycles. The van der Waals surface area contributed by atoms with Gasteiger partial charge in [-0.2, -0.15) is 0 Å². The molecule has 0 bridgehead atoms. The molecule has 0 unspecified atom stereocenters. The molecule has 27 heavy (non-hydrogen) atoms. The summed E-state index contributed by atoms with van der Waals surface area (Å²) in [6, 6.07) is 17.9. The molecule has 1 N–H and O–H groups in total. The number of aromatic carboxylic acids is 1. The van der Waals surface area contributed by atoms with Crippen LogP contribution in [0.15, 0.2) is 60.7 Å². The molecule has 0 aliphatic carbocycles. The topological polar surface area (TPSA) is 55.8 Å². The smallest absolute Gasteiger partial charge is 0.339 e. The highest BCUT2D eigenvalue weighted by Gasteiger charge is 2.22. The molecule has 0 fully saturated rings. The summed E-state index contributed by atoms with van der Waals surface area (Å²) in [6.45, 7) is 0.382. The van der Waals surface area contributed by atoms with Crippen molar-refractivity contribution >= 4 is 28.6 Å². The molecule has 3 aromatic rings. The van der Waals surface area contributed by atoms with Crippen LogP contribution in [0.25, 0.3) is 11.1 Å². The van der Waals surface area contributed by atoms with Crippen LogP contribution in [0.5, 0.6) is 11.5 Å². The number of rotatable bonds is 6. The van der Waals surface area contributed by atoms with Gasteiger partial charge in [0.2, 0.25) is 0 Å². The standard InChI is InChI=1S/C21H16FIO4/c1-26-20-17(21(24)25)11-16(18(22)19(20)23)14-8-5-9-15(10-14)27-12-13-6-3-2-4-7-13/h2-11H,12H2,1H3,(H,24,25). The summed E-state index contributed by atoms with van der Waals surface area (Å²) in [5.74, 6) is -1.13. The first kappa shape index (κ1) is 19.2. The Hall–Kier alpha value is -2.61. The zero-order valence-electron chi connectivity index (χ0n) is 14.4. The molecule has 4 nitrogen and oxygen atoms in total. The average Bonchev–Trinajstić information content (AvgIpc) is 2.69. The lowest BCUT2D eigenvalue weighted by atomic mass is 10.0. The zero-order chi connectivity index (χ0) is 19.4. The zero-order valence-corrected chi connectivity index (χ0v) is 16.6. The first-order chi connectivity index (χ1) is 13.0. The van der Waals surface area contributed by atoms with E-state index in [1.807, 2.05) is 30.3 Å². The van der Waals surface area contributed by atoms with Gasteiger partial charge in [0.1, 0.15) is 29.5 Å². The lowest BCUT2D eigenvalue weighted by molar-refractivity contribution is 0.0693. The van der Waals surface area contributed by atoms with Gasteiger partial charge in [0.15, 0.2) is 0 Å². The molecule has 6 heteroatoms. The molecule has 0 aliphatic rings. The maximum atomic E-state index is 14.8. The van der Waals surface area contributed by atoms with Crippen molar-refractivity contribution in [2.24, 2.45) is 0 Å². The third-order valence-corrected chi connectivity index (χ3v) is 4.95. The highest BCUT2D eigenvalue weighted by molar-refractivity contribution is 14.1. The van der Waals surface area contributed by atoms with Gasteiger partial charge in [-0.1, -0.05) is 42.5 Å². The van der Waals surface area contributed by atoms with Crippen molar-refractivity contribution in [2.45, 2.75) is 6.61 Å². The first-order valence-corrected chi connectivity index (χ1v) is 9.15. The molecular weight excluding hydrogens is 462 g/mol. The summed E-state index contributed by atoms with van der Waals surface area (Å²) in [4.78, 5) is 11.5. The summed E-state index contributed by atoms with van der Waals surface area (Å²) in [7, 11) is 1.32. The first-order valence-electron chi connectivity index (χ1n) is 8.07. The van der Waals surface area contributed by atoms with Gasteiger partial charge in [0.25, 0.3) is 0 Å². The number of ether oxygens (including phenoxy) is 2. The van der Waals surface area contributed by atoms with E-state index in [0.717, 1.165) is 5.56 Å². The Morgan fingerprint density at radius 1 is 1.11 bits per heavy atom. The van der Waals surface area contributed by atoms with E-state index in [1.165, 1.54) is 13.2 Å². The SMILES string of the molecule is COc1c(C(=O)O)cc(-c2cccc(OCc3ccccc3)c2)c(F)c1I. The Morgan fingerprint density at radius 3 is 2.52 bits per heavy atom. The van der Waals surface area contributed by atoms with Gasteiger partial charge >= 0.3 is 5.97 Å². The number of hydrogen-bond acceptors (Lipinski definition) is 3. The molecule has 0 aromatic heterocycles. The van der Waals surface area contributed by atoms with Crippen molar-refractivity contribution in [3.05, 3.63) is 81.2 Å². The molecule has 0 amide bonds. The van der Waals surface area contributed by atoms with Crippen molar-refractivity contribution in [3.8, 4) is 22.6 Å². The Bertz CT molecular complexity index is 973. The highest BCUT2D eigenvalue weighted by atomic mass is 127. The number of carbonyl (C=O) groups is 1. The van der Waals surface area contributed by atoms with Gasteiger partial charge in [0.05, 0.1) is 10.7 Å². The van der Waals surface area contributed by atoms with Gasteiger partial charge in [-0.3, -0.25) is 0 Å². The Balaban J connectivity index is 1.96. The molecular formula is C21H16FIO4. The maximum absolute atomic E-state index is 14.8. The predicted octanol–water partition coefficient (Wildman–Crippen LogP) is 5.38. The van der Waals surface area contributed by atoms with Gasteiger partial charge < -0.3 is 14.6 Å². The predicted molar refractivity (Wildman–Crippen MR) is 109 cm³/mol. The molecule has 138 valence electrons. The lowest BCUT2D eigenvalue weighted by Gasteiger charge is -2.13. The van der Waals surface area contributed by atoms with Crippen molar-refractivity contribution in [3.63, 3.8) is 0 Å². The molecule has 0 radical (unpaired) electrons. The molecule has 0 aliphatic heterocycles. The number of carboxylic acid groups (broad SMARTS) is 1. The van der Waals surface area contributed by atoms with Crippen LogP contribution in [-0.2, 0) is 6.61 Å². The molecule has 0 spiro atoms. The van der Waals surface area contributed by atoms with Gasteiger partial charge in [-0.15, -0.1) is 0 Å². The fourth-order valence-electron chi connectivity index (χ4n) is 2.67. The Labute approximate surface area is 169 Å². The van der Waals surface area contributed by atoms with E-state index in [1.54, 1.807) is 46.9 Å². The molecule has 0 atom stereocenters. The van der Waals surface area contributed by atoms with E-state index < -0.39 is 11.8 Å². The number of methoxy groups -OCH3 is 1. The molecule has 0 saturated heterocycles. The summed E-state index contributed by atoms with van der Waals surface area (Å²) in [6.07, 6.45) is 0. The summed E-state index contributed by atoms with van der Waals surface area (Å²) in [5, 5.41) is 9.42. The van der Waals surface area contributed by atoms with Crippen LogP contribution in [0.4, 0.5) is 4.39 Å². The largest absolute Gasteiger partial charge is 0.495 e. The fraction of sp³-hybridized carbons (Fsp3) is 0.0952. The van der Waals surface area contributed by atoms with Crippen LogP contribution in [0, 0.1) is 9.39 Å². The van der Waals surface area contributed by atoms with Crippen molar-refractivity contribution in [1.82, 2.24) is 0 Å². The van der Waals surface area contributed by atoms with E-state index in [2.05, 4.69) is 0 Å². The van der Waals surface area contributed by atoms with Crippen molar-refractivity contribution < 1.29 is 23.8 Å². The van der Waals surface area contributed by atoms with Crippen molar-refractivity contribution in [1.29, 1.82) is 0 Å². The Morgan fingerprint density at radius 2 is 1.85 bits per heavy atom. The minimum Gasteiger partial charge on any atom is -0.495 e. The summed E-state index contributed by atoms with van der Waals surface area (Å²) >= 11 is 1.75. The summed E-state index contributed by atoms with van der Waals surface area (Å²) in [5.41, 5.74) is 1.64. The monoisotopic (exact) mass is 478 g/mol. The number of benzene rings is 3. The second-order valence-electron chi connectivity index (χ2n) is 5.74. The van der Waals surface area contributed by atoms with Crippen LogP contribution in [0.3, 0.4) is 0 Å². The van der Waals surface area contributed by atoms with Crippen LogP contribution >= 0.6 is 22.6 Å². The average molecular weight is 478 g/mol. The van der Waals surface area contributed by atoms with E-state index >= 15 is 0 Å². The van der Waals surface area contributed by atoms with Crippen LogP contribution < -0.4 is 9.47 Å². The molecule has 0 saturated carbocycles. The highest BCUT2D eigenvalue weighted by Crippen LogP contribution is 2.36. The van der Waals surface area contributed by atoms with Crippen molar-refractivity contribution in [2.75, 3.05) is 7.11 Å².